The summed E-state index contributed by atoms with van der Waals surface area (Å²) >= 11 is 1.69. The lowest BCUT2D eigenvalue weighted by Crippen LogP contribution is -2.35. The lowest BCUT2D eigenvalue weighted by atomic mass is 10.0. The number of hydrogen-bond acceptors (Lipinski definition) is 5. The van der Waals surface area contributed by atoms with E-state index in [4.69, 9.17) is 10.5 Å². The number of pyridine rings is 1. The van der Waals surface area contributed by atoms with Gasteiger partial charge in [0.2, 0.25) is 5.91 Å². The lowest BCUT2D eigenvalue weighted by molar-refractivity contribution is -0.116. The molecule has 0 spiro atoms. The number of nitrogens with zero attached hydrogens (tertiary/aromatic N) is 1. The molecule has 4 N–H and O–H groups in total. The number of benzene rings is 3. The number of carbonyl (C=O) groups excluding carboxylic acids is 2. The Morgan fingerprint density at radius 3 is 2.42 bits per heavy atom. The Hall–Kier alpha value is -4.30. The average Bonchev–Trinajstić information content (AvgIpc) is 2.89. The Labute approximate surface area is 214 Å². The molecule has 182 valence electrons. The summed E-state index contributed by atoms with van der Waals surface area (Å²) in [5, 5.41) is 5.55. The van der Waals surface area contributed by atoms with Crippen LogP contribution < -0.4 is 21.1 Å². The van der Waals surface area contributed by atoms with E-state index in [1.807, 2.05) is 91.1 Å². The first-order valence-corrected chi connectivity index (χ1v) is 12.3. The van der Waals surface area contributed by atoms with Gasteiger partial charge in [0.25, 0.3) is 0 Å². The zero-order valence-corrected chi connectivity index (χ0v) is 20.3. The summed E-state index contributed by atoms with van der Waals surface area (Å²) in [5.41, 5.74) is 7.91. The summed E-state index contributed by atoms with van der Waals surface area (Å²) in [6, 6.07) is 26.9. The third-order valence-corrected chi connectivity index (χ3v) is 6.29. The third kappa shape index (κ3) is 7.61. The van der Waals surface area contributed by atoms with Crippen LogP contribution in [0.1, 0.15) is 23.6 Å². The largest absolute Gasteiger partial charge is 0.457 e. The molecule has 0 radical (unpaired) electrons. The van der Waals surface area contributed by atoms with Gasteiger partial charge in [-0.1, -0.05) is 36.4 Å². The van der Waals surface area contributed by atoms with E-state index >= 15 is 0 Å². The van der Waals surface area contributed by atoms with Crippen molar-refractivity contribution < 1.29 is 14.3 Å². The number of rotatable bonds is 10. The number of aromatic nitrogens is 1. The van der Waals surface area contributed by atoms with Crippen molar-refractivity contribution in [3.63, 3.8) is 0 Å². The first kappa shape index (κ1) is 24.8. The van der Waals surface area contributed by atoms with Gasteiger partial charge in [0.05, 0.1) is 12.5 Å². The van der Waals surface area contributed by atoms with Gasteiger partial charge in [0.15, 0.2) is 0 Å². The van der Waals surface area contributed by atoms with Gasteiger partial charge in [-0.3, -0.25) is 9.78 Å². The first-order chi connectivity index (χ1) is 17.5. The number of urea groups is 1. The number of anilines is 1. The number of nitrogens with one attached hydrogen (secondary N) is 2. The van der Waals surface area contributed by atoms with E-state index in [-0.39, 0.29) is 12.3 Å². The number of para-hydroxylation sites is 1. The summed E-state index contributed by atoms with van der Waals surface area (Å²) in [5.74, 6) is 1.84. The molecule has 4 aromatic rings. The highest BCUT2D eigenvalue weighted by atomic mass is 32.2. The molecular weight excluding hydrogens is 472 g/mol. The molecule has 1 aromatic heterocycles. The fourth-order valence-corrected chi connectivity index (χ4v) is 4.36. The summed E-state index contributed by atoms with van der Waals surface area (Å²) in [6.45, 7) is 0. The Morgan fingerprint density at radius 1 is 0.917 bits per heavy atom. The first-order valence-electron chi connectivity index (χ1n) is 11.4. The number of hydrogen-bond donors (Lipinski definition) is 3. The maximum Gasteiger partial charge on any atom is 0.312 e. The molecular formula is C28H26N4O3S. The van der Waals surface area contributed by atoms with Gasteiger partial charge in [-0.2, -0.15) is 0 Å². The molecule has 0 aliphatic rings. The molecule has 3 aromatic carbocycles. The standard InChI is InChI=1S/C28H26N4O3S/c29-28(34)32-26(21-7-4-10-24(16-21)35-23-8-2-1-3-9-23)17-27(33)31-22-11-13-25(14-12-22)36-19-20-6-5-15-30-18-20/h1-16,18,26H,17,19H2,(H,31,33)(H3,29,32,34). The minimum Gasteiger partial charge on any atom is -0.457 e. The molecule has 1 atom stereocenters. The van der Waals surface area contributed by atoms with Gasteiger partial charge in [-0.15, -0.1) is 11.8 Å². The minimum absolute atomic E-state index is 0.00917. The van der Waals surface area contributed by atoms with Crippen LogP contribution >= 0.6 is 11.8 Å². The van der Waals surface area contributed by atoms with Crippen LogP contribution in [0.15, 0.2) is 108 Å². The van der Waals surface area contributed by atoms with Gasteiger partial charge in [0, 0.05) is 28.7 Å². The normalized spacial score (nSPS) is 11.3. The minimum atomic E-state index is -0.711. The number of nitrogens with two attached hydrogens (primary N) is 1. The van der Waals surface area contributed by atoms with E-state index in [2.05, 4.69) is 15.6 Å². The molecule has 0 saturated carbocycles. The molecule has 3 amide bonds. The number of amides is 3. The van der Waals surface area contributed by atoms with Crippen molar-refractivity contribution >= 4 is 29.4 Å². The fraction of sp³-hybridized carbons (Fsp3) is 0.107. The zero-order valence-electron chi connectivity index (χ0n) is 19.5. The van der Waals surface area contributed by atoms with E-state index in [0.717, 1.165) is 16.2 Å². The lowest BCUT2D eigenvalue weighted by Gasteiger charge is -2.19. The van der Waals surface area contributed by atoms with Crippen LogP contribution in [0, 0.1) is 0 Å². The van der Waals surface area contributed by atoms with Gasteiger partial charge < -0.3 is 21.1 Å². The maximum atomic E-state index is 12.8. The molecule has 0 aliphatic heterocycles. The quantitative estimate of drug-likeness (QED) is 0.236. The van der Waals surface area contributed by atoms with Crippen molar-refractivity contribution in [1.29, 1.82) is 0 Å². The summed E-state index contributed by atoms with van der Waals surface area (Å²) < 4.78 is 5.88. The smallest absolute Gasteiger partial charge is 0.312 e. The monoisotopic (exact) mass is 498 g/mol. The Balaban J connectivity index is 1.37. The topological polar surface area (TPSA) is 106 Å². The van der Waals surface area contributed by atoms with Gasteiger partial charge >= 0.3 is 6.03 Å². The second kappa shape index (κ2) is 12.4. The zero-order chi connectivity index (χ0) is 25.2. The van der Waals surface area contributed by atoms with Crippen LogP contribution in [-0.2, 0) is 10.5 Å². The summed E-state index contributed by atoms with van der Waals surface area (Å²) in [6.07, 6.45) is 3.61. The van der Waals surface area contributed by atoms with Crippen molar-refractivity contribution in [2.75, 3.05) is 5.32 Å². The third-order valence-electron chi connectivity index (χ3n) is 5.21. The van der Waals surface area contributed by atoms with E-state index < -0.39 is 12.1 Å². The van der Waals surface area contributed by atoms with Crippen LogP contribution in [0.25, 0.3) is 0 Å². The van der Waals surface area contributed by atoms with Crippen LogP contribution in [0.5, 0.6) is 11.5 Å². The van der Waals surface area contributed by atoms with Crippen LogP contribution in [0.2, 0.25) is 0 Å². The summed E-state index contributed by atoms with van der Waals surface area (Å²) in [7, 11) is 0. The second-order valence-corrected chi connectivity index (χ2v) is 9.02. The highest BCUT2D eigenvalue weighted by molar-refractivity contribution is 7.98. The van der Waals surface area contributed by atoms with Crippen molar-refractivity contribution in [2.24, 2.45) is 5.73 Å². The van der Waals surface area contributed by atoms with Gasteiger partial charge in [-0.05, 0) is 65.7 Å². The number of primary amides is 1. The molecule has 1 heterocycles. The van der Waals surface area contributed by atoms with E-state index in [1.54, 1.807) is 24.0 Å². The molecule has 36 heavy (non-hydrogen) atoms. The van der Waals surface area contributed by atoms with E-state index in [9.17, 15) is 9.59 Å². The van der Waals surface area contributed by atoms with Crippen LogP contribution in [0.4, 0.5) is 10.5 Å². The van der Waals surface area contributed by atoms with Crippen molar-refractivity contribution in [3.8, 4) is 11.5 Å². The second-order valence-electron chi connectivity index (χ2n) is 7.98. The molecule has 4 rings (SSSR count). The molecule has 7 nitrogen and oxygen atoms in total. The maximum absolute atomic E-state index is 12.8. The molecule has 1 unspecified atom stereocenters. The van der Waals surface area contributed by atoms with Crippen LogP contribution in [-0.4, -0.2) is 16.9 Å². The number of ether oxygens (including phenoxy) is 1. The Bertz CT molecular complexity index is 1290. The Morgan fingerprint density at radius 2 is 1.69 bits per heavy atom. The summed E-state index contributed by atoms with van der Waals surface area (Å²) in [4.78, 5) is 29.7. The van der Waals surface area contributed by atoms with E-state index in [1.165, 1.54) is 0 Å². The SMILES string of the molecule is NC(=O)NC(CC(=O)Nc1ccc(SCc2cccnc2)cc1)c1cccc(Oc2ccccc2)c1. The average molecular weight is 499 g/mol. The molecule has 0 fully saturated rings. The molecule has 0 saturated heterocycles. The predicted molar refractivity (Wildman–Crippen MR) is 142 cm³/mol. The van der Waals surface area contributed by atoms with Crippen molar-refractivity contribution in [3.05, 3.63) is 115 Å². The van der Waals surface area contributed by atoms with Gasteiger partial charge in [-0.25, -0.2) is 4.79 Å². The predicted octanol–water partition coefficient (Wildman–Crippen LogP) is 5.90. The molecule has 0 aliphatic carbocycles. The Kier molecular flexibility index (Phi) is 8.56. The molecule has 0 bridgehead atoms. The fourth-order valence-electron chi connectivity index (χ4n) is 3.53. The van der Waals surface area contributed by atoms with Crippen molar-refractivity contribution in [2.45, 2.75) is 23.1 Å². The molecule has 8 heteroatoms. The highest BCUT2D eigenvalue weighted by Gasteiger charge is 2.18. The van der Waals surface area contributed by atoms with Crippen molar-refractivity contribution in [1.82, 2.24) is 10.3 Å². The van der Waals surface area contributed by atoms with Crippen LogP contribution in [0.3, 0.4) is 0 Å². The number of carbonyl (C=O) groups is 2. The number of thioether (sulfide) groups is 1. The van der Waals surface area contributed by atoms with Gasteiger partial charge in [0.1, 0.15) is 11.5 Å². The highest BCUT2D eigenvalue weighted by Crippen LogP contribution is 2.27. The van der Waals surface area contributed by atoms with E-state index in [0.29, 0.717) is 22.7 Å².